The quantitative estimate of drug-likeness (QED) is 0.755. The van der Waals surface area contributed by atoms with Gasteiger partial charge in [-0.05, 0) is 55.2 Å². The van der Waals surface area contributed by atoms with Gasteiger partial charge in [0.25, 0.3) is 0 Å². The molecule has 0 bridgehead atoms. The second kappa shape index (κ2) is 6.67. The normalized spacial score (nSPS) is 15.8. The number of anilines is 1. The van der Waals surface area contributed by atoms with E-state index in [1.165, 1.54) is 5.56 Å². The number of carbonyl (C=O) groups is 1. The Bertz CT molecular complexity index is 948. The molecule has 1 amide bonds. The van der Waals surface area contributed by atoms with Gasteiger partial charge in [-0.3, -0.25) is 9.89 Å². The summed E-state index contributed by atoms with van der Waals surface area (Å²) < 4.78 is 5.77. The van der Waals surface area contributed by atoms with Gasteiger partial charge in [-0.15, -0.1) is 0 Å². The van der Waals surface area contributed by atoms with Gasteiger partial charge in [-0.2, -0.15) is 5.10 Å². The highest BCUT2D eigenvalue weighted by Crippen LogP contribution is 2.29. The average Bonchev–Trinajstić information content (AvgIpc) is 3.15. The molecule has 1 aliphatic heterocycles. The van der Waals surface area contributed by atoms with Crippen LogP contribution < -0.4 is 10.1 Å². The van der Waals surface area contributed by atoms with Gasteiger partial charge in [0.05, 0.1) is 12.1 Å². The molecule has 0 aliphatic carbocycles. The molecule has 0 radical (unpaired) electrons. The first-order valence-corrected chi connectivity index (χ1v) is 8.73. The minimum Gasteiger partial charge on any atom is -0.492 e. The number of ether oxygens (including phenoxy) is 1. The molecule has 1 atom stereocenters. The maximum Gasteiger partial charge on any atom is 0.231 e. The summed E-state index contributed by atoms with van der Waals surface area (Å²) in [6.45, 7) is 4.49. The number of nitrogens with zero attached hydrogens (tertiary/aromatic N) is 1. The molecule has 2 aromatic carbocycles. The van der Waals surface area contributed by atoms with E-state index in [2.05, 4.69) is 21.6 Å². The summed E-state index contributed by atoms with van der Waals surface area (Å²) >= 11 is 0. The van der Waals surface area contributed by atoms with E-state index in [9.17, 15) is 4.79 Å². The molecular weight excluding hydrogens is 326 g/mol. The summed E-state index contributed by atoms with van der Waals surface area (Å²) in [6.07, 6.45) is 4.35. The zero-order chi connectivity index (χ0) is 18.1. The second-order valence-corrected chi connectivity index (χ2v) is 6.83. The lowest BCUT2D eigenvalue weighted by atomic mass is 9.94. The van der Waals surface area contributed by atoms with Gasteiger partial charge in [0.2, 0.25) is 5.91 Å². The van der Waals surface area contributed by atoms with Crippen molar-refractivity contribution in [2.75, 3.05) is 11.9 Å². The maximum atomic E-state index is 12.7. The number of hydrogen-bond acceptors (Lipinski definition) is 3. The molecule has 3 aromatic rings. The molecule has 26 heavy (non-hydrogen) atoms. The third kappa shape index (κ3) is 3.20. The number of fused-ring (bicyclic) bond motifs is 1. The fourth-order valence-electron chi connectivity index (χ4n) is 3.40. The molecule has 0 saturated heterocycles. The van der Waals surface area contributed by atoms with Crippen LogP contribution in [0.25, 0.3) is 11.1 Å². The van der Waals surface area contributed by atoms with E-state index < -0.39 is 0 Å². The lowest BCUT2D eigenvalue weighted by Crippen LogP contribution is -2.32. The number of rotatable bonds is 3. The second-order valence-electron chi connectivity index (χ2n) is 6.83. The lowest BCUT2D eigenvalue weighted by Gasteiger charge is -2.25. The van der Waals surface area contributed by atoms with E-state index >= 15 is 0 Å². The molecule has 0 fully saturated rings. The predicted octanol–water partition coefficient (Wildman–Crippen LogP) is 3.88. The third-order valence-corrected chi connectivity index (χ3v) is 4.80. The molecular formula is C21H21N3O2. The third-order valence-electron chi connectivity index (χ3n) is 4.80. The standard InChI is InChI=1S/C21H21N3O2/c1-13-3-6-20-15(7-13)9-16(12-26-20)21(25)24-18-4-5-19(14(2)8-18)17-10-22-23-11-17/h3-8,10-11,16H,9,12H2,1-2H3,(H,22,23)(H,24,25). The number of amides is 1. The summed E-state index contributed by atoms with van der Waals surface area (Å²) in [5.74, 6) is 0.700. The van der Waals surface area contributed by atoms with Gasteiger partial charge in [0, 0.05) is 17.4 Å². The molecule has 0 saturated carbocycles. The summed E-state index contributed by atoms with van der Waals surface area (Å²) in [4.78, 5) is 12.7. The monoisotopic (exact) mass is 347 g/mol. The van der Waals surface area contributed by atoms with Crippen LogP contribution >= 0.6 is 0 Å². The molecule has 1 aliphatic rings. The summed E-state index contributed by atoms with van der Waals surface area (Å²) in [5.41, 5.74) is 6.30. The Labute approximate surface area is 152 Å². The largest absolute Gasteiger partial charge is 0.492 e. The lowest BCUT2D eigenvalue weighted by molar-refractivity contribution is -0.121. The Morgan fingerprint density at radius 2 is 2.12 bits per heavy atom. The molecule has 5 heteroatoms. The number of aromatic nitrogens is 2. The van der Waals surface area contributed by atoms with E-state index in [0.29, 0.717) is 13.0 Å². The van der Waals surface area contributed by atoms with Gasteiger partial charge < -0.3 is 10.1 Å². The minimum absolute atomic E-state index is 0.00684. The van der Waals surface area contributed by atoms with Gasteiger partial charge >= 0.3 is 0 Å². The molecule has 1 aromatic heterocycles. The van der Waals surface area contributed by atoms with Gasteiger partial charge in [-0.1, -0.05) is 23.8 Å². The number of hydrogen-bond donors (Lipinski definition) is 2. The van der Waals surface area contributed by atoms with Crippen molar-refractivity contribution in [2.45, 2.75) is 20.3 Å². The minimum atomic E-state index is -0.182. The van der Waals surface area contributed by atoms with Crippen molar-refractivity contribution in [3.05, 3.63) is 65.5 Å². The van der Waals surface area contributed by atoms with Crippen molar-refractivity contribution >= 4 is 11.6 Å². The predicted molar refractivity (Wildman–Crippen MR) is 101 cm³/mol. The highest BCUT2D eigenvalue weighted by atomic mass is 16.5. The van der Waals surface area contributed by atoms with Gasteiger partial charge in [-0.25, -0.2) is 0 Å². The van der Waals surface area contributed by atoms with Crippen LogP contribution in [-0.4, -0.2) is 22.7 Å². The Morgan fingerprint density at radius 1 is 1.23 bits per heavy atom. The van der Waals surface area contributed by atoms with Gasteiger partial charge in [0.1, 0.15) is 12.4 Å². The average molecular weight is 347 g/mol. The first-order valence-electron chi connectivity index (χ1n) is 8.73. The van der Waals surface area contributed by atoms with Crippen molar-refractivity contribution in [1.29, 1.82) is 0 Å². The fraction of sp³-hybridized carbons (Fsp3) is 0.238. The zero-order valence-corrected chi connectivity index (χ0v) is 14.9. The van der Waals surface area contributed by atoms with E-state index in [1.54, 1.807) is 6.20 Å². The van der Waals surface area contributed by atoms with Crippen LogP contribution in [0.2, 0.25) is 0 Å². The van der Waals surface area contributed by atoms with Gasteiger partial charge in [0.15, 0.2) is 0 Å². The van der Waals surface area contributed by atoms with E-state index in [-0.39, 0.29) is 11.8 Å². The summed E-state index contributed by atoms with van der Waals surface area (Å²) in [7, 11) is 0. The molecule has 2 heterocycles. The summed E-state index contributed by atoms with van der Waals surface area (Å²) in [5, 5.41) is 9.84. The van der Waals surface area contributed by atoms with Crippen molar-refractivity contribution in [3.8, 4) is 16.9 Å². The first kappa shape index (κ1) is 16.4. The van der Waals surface area contributed by atoms with Crippen LogP contribution in [0.5, 0.6) is 5.75 Å². The Kier molecular flexibility index (Phi) is 4.21. The highest BCUT2D eigenvalue weighted by molar-refractivity contribution is 5.93. The number of carbonyl (C=O) groups excluding carboxylic acids is 1. The zero-order valence-electron chi connectivity index (χ0n) is 14.9. The molecule has 2 N–H and O–H groups in total. The smallest absolute Gasteiger partial charge is 0.231 e. The summed E-state index contributed by atoms with van der Waals surface area (Å²) in [6, 6.07) is 12.0. The topological polar surface area (TPSA) is 67.0 Å². The number of H-pyrrole nitrogens is 1. The molecule has 5 nitrogen and oxygen atoms in total. The van der Waals surface area contributed by atoms with Crippen LogP contribution in [0, 0.1) is 19.8 Å². The van der Waals surface area contributed by atoms with E-state index in [1.807, 2.05) is 50.4 Å². The number of aryl methyl sites for hydroxylation is 2. The van der Waals surface area contributed by atoms with Crippen LogP contribution in [-0.2, 0) is 11.2 Å². The van der Waals surface area contributed by atoms with E-state index in [4.69, 9.17) is 4.74 Å². The highest BCUT2D eigenvalue weighted by Gasteiger charge is 2.26. The van der Waals surface area contributed by atoms with Crippen LogP contribution in [0.1, 0.15) is 16.7 Å². The maximum absolute atomic E-state index is 12.7. The van der Waals surface area contributed by atoms with Crippen molar-refractivity contribution in [3.63, 3.8) is 0 Å². The molecule has 0 spiro atoms. The van der Waals surface area contributed by atoms with Crippen LogP contribution in [0.15, 0.2) is 48.8 Å². The van der Waals surface area contributed by atoms with E-state index in [0.717, 1.165) is 33.7 Å². The Morgan fingerprint density at radius 3 is 2.88 bits per heavy atom. The molecule has 132 valence electrons. The first-order chi connectivity index (χ1) is 12.6. The Balaban J connectivity index is 1.48. The molecule has 4 rings (SSSR count). The number of benzene rings is 2. The molecule has 1 unspecified atom stereocenters. The number of aromatic amines is 1. The Hall–Kier alpha value is -3.08. The SMILES string of the molecule is Cc1ccc2c(c1)CC(C(=O)Nc1ccc(-c3cn[nH]c3)c(C)c1)CO2. The fourth-order valence-corrected chi connectivity index (χ4v) is 3.40. The van der Waals surface area contributed by atoms with Crippen molar-refractivity contribution in [2.24, 2.45) is 5.92 Å². The van der Waals surface area contributed by atoms with Crippen molar-refractivity contribution < 1.29 is 9.53 Å². The number of nitrogens with one attached hydrogen (secondary N) is 2. The van der Waals surface area contributed by atoms with Crippen LogP contribution in [0.4, 0.5) is 5.69 Å². The van der Waals surface area contributed by atoms with Crippen molar-refractivity contribution in [1.82, 2.24) is 10.2 Å². The van der Waals surface area contributed by atoms with Crippen LogP contribution in [0.3, 0.4) is 0 Å².